The molecule has 2 aromatic carbocycles. The molecule has 1 heterocycles. The largest absolute Gasteiger partial charge is 0.493 e. The Morgan fingerprint density at radius 2 is 1.91 bits per heavy atom. The molecule has 0 unspecified atom stereocenters. The zero-order valence-corrected chi connectivity index (χ0v) is 20.5. The molecule has 0 aromatic heterocycles. The van der Waals surface area contributed by atoms with Crippen LogP contribution in [-0.4, -0.2) is 41.3 Å². The SMILES string of the molecule is CCCN1C(=O)/C(=C/c2ccc(OCC(=O)Nc3cc(Cl)cc(Cl)c3)c(OC)c2)SC1=S. The number of nitrogens with one attached hydrogen (secondary N) is 1. The van der Waals surface area contributed by atoms with Crippen LogP contribution in [0, 0.1) is 0 Å². The maximum absolute atomic E-state index is 12.5. The highest BCUT2D eigenvalue weighted by Crippen LogP contribution is 2.35. The molecule has 1 N–H and O–H groups in total. The number of nitrogens with zero attached hydrogens (tertiary/aromatic N) is 1. The summed E-state index contributed by atoms with van der Waals surface area (Å²) in [5.74, 6) is 0.344. The van der Waals surface area contributed by atoms with Crippen LogP contribution in [0.5, 0.6) is 11.5 Å². The van der Waals surface area contributed by atoms with E-state index in [-0.39, 0.29) is 18.4 Å². The molecular formula is C22H20Cl2N2O4S2. The number of rotatable bonds is 8. The van der Waals surface area contributed by atoms with E-state index < -0.39 is 0 Å². The quantitative estimate of drug-likeness (QED) is 0.366. The van der Waals surface area contributed by atoms with Gasteiger partial charge in [0.15, 0.2) is 18.1 Å². The molecule has 0 saturated carbocycles. The third-order valence-electron chi connectivity index (χ3n) is 4.31. The third-order valence-corrected chi connectivity index (χ3v) is 6.13. The minimum absolute atomic E-state index is 0.0982. The van der Waals surface area contributed by atoms with Gasteiger partial charge in [-0.25, -0.2) is 0 Å². The molecule has 10 heteroatoms. The van der Waals surface area contributed by atoms with Crippen LogP contribution in [0.25, 0.3) is 6.08 Å². The molecule has 0 spiro atoms. The standard InChI is InChI=1S/C22H20Cl2N2O4S2/c1-3-6-26-21(28)19(32-22(26)31)8-13-4-5-17(18(7-13)29-2)30-12-20(27)25-16-10-14(23)9-15(24)11-16/h4-5,7-11H,3,6,12H2,1-2H3,(H,25,27)/b19-8-. The number of hydrogen-bond acceptors (Lipinski definition) is 6. The van der Waals surface area contributed by atoms with E-state index in [2.05, 4.69) is 5.32 Å². The average Bonchev–Trinajstić information content (AvgIpc) is 2.99. The van der Waals surface area contributed by atoms with Crippen molar-refractivity contribution in [3.05, 3.63) is 56.9 Å². The van der Waals surface area contributed by atoms with Crippen molar-refractivity contribution in [1.29, 1.82) is 0 Å². The molecule has 2 amide bonds. The van der Waals surface area contributed by atoms with E-state index in [4.69, 9.17) is 44.9 Å². The summed E-state index contributed by atoms with van der Waals surface area (Å²) in [4.78, 5) is 26.9. The second kappa shape index (κ2) is 11.0. The van der Waals surface area contributed by atoms with Crippen molar-refractivity contribution < 1.29 is 19.1 Å². The summed E-state index contributed by atoms with van der Waals surface area (Å²) >= 11 is 18.5. The van der Waals surface area contributed by atoms with Crippen LogP contribution in [0.1, 0.15) is 18.9 Å². The van der Waals surface area contributed by atoms with Crippen molar-refractivity contribution in [2.75, 3.05) is 25.6 Å². The first-order chi connectivity index (χ1) is 15.3. The predicted octanol–water partition coefficient (Wildman–Crippen LogP) is 5.63. The number of benzene rings is 2. The lowest BCUT2D eigenvalue weighted by molar-refractivity contribution is -0.122. The summed E-state index contributed by atoms with van der Waals surface area (Å²) in [6.45, 7) is 2.35. The molecule has 32 heavy (non-hydrogen) atoms. The number of amides is 2. The molecule has 0 aliphatic carbocycles. The van der Waals surface area contributed by atoms with Gasteiger partial charge in [-0.1, -0.05) is 60.2 Å². The van der Waals surface area contributed by atoms with Crippen molar-refractivity contribution in [3.8, 4) is 11.5 Å². The van der Waals surface area contributed by atoms with Crippen LogP contribution in [-0.2, 0) is 9.59 Å². The van der Waals surface area contributed by atoms with E-state index in [0.29, 0.717) is 43.0 Å². The first-order valence-corrected chi connectivity index (χ1v) is 11.6. The Kier molecular flexibility index (Phi) is 8.42. The minimum Gasteiger partial charge on any atom is -0.493 e. The fourth-order valence-corrected chi connectivity index (χ4v) is 4.76. The van der Waals surface area contributed by atoms with Gasteiger partial charge in [-0.05, 0) is 48.4 Å². The highest BCUT2D eigenvalue weighted by atomic mass is 35.5. The first-order valence-electron chi connectivity index (χ1n) is 9.63. The van der Waals surface area contributed by atoms with Gasteiger partial charge in [-0.3, -0.25) is 14.5 Å². The summed E-state index contributed by atoms with van der Waals surface area (Å²) in [5.41, 5.74) is 1.23. The lowest BCUT2D eigenvalue weighted by Crippen LogP contribution is -2.28. The maximum Gasteiger partial charge on any atom is 0.266 e. The molecule has 1 fully saturated rings. The molecule has 1 saturated heterocycles. The van der Waals surface area contributed by atoms with Crippen LogP contribution >= 0.6 is 47.2 Å². The third kappa shape index (κ3) is 6.16. The second-order valence-corrected chi connectivity index (χ2v) is 9.29. The topological polar surface area (TPSA) is 67.9 Å². The smallest absolute Gasteiger partial charge is 0.266 e. The Hall–Kier alpha value is -2.26. The van der Waals surface area contributed by atoms with Crippen molar-refractivity contribution in [2.24, 2.45) is 0 Å². The van der Waals surface area contributed by atoms with Crippen molar-refractivity contribution in [3.63, 3.8) is 0 Å². The zero-order valence-electron chi connectivity index (χ0n) is 17.3. The summed E-state index contributed by atoms with van der Waals surface area (Å²) < 4.78 is 11.6. The van der Waals surface area contributed by atoms with Crippen LogP contribution in [0.15, 0.2) is 41.3 Å². The Labute approximate surface area is 205 Å². The second-order valence-electron chi connectivity index (χ2n) is 6.74. The lowest BCUT2D eigenvalue weighted by atomic mass is 10.2. The van der Waals surface area contributed by atoms with Crippen LogP contribution in [0.2, 0.25) is 10.0 Å². The monoisotopic (exact) mass is 510 g/mol. The van der Waals surface area contributed by atoms with E-state index in [9.17, 15) is 9.59 Å². The van der Waals surface area contributed by atoms with Gasteiger partial charge in [0.2, 0.25) is 0 Å². The van der Waals surface area contributed by atoms with Crippen molar-refractivity contribution in [1.82, 2.24) is 4.90 Å². The number of hydrogen-bond donors (Lipinski definition) is 1. The van der Waals surface area contributed by atoms with E-state index >= 15 is 0 Å². The lowest BCUT2D eigenvalue weighted by Gasteiger charge is -2.12. The number of thiocarbonyl (C=S) groups is 1. The van der Waals surface area contributed by atoms with Gasteiger partial charge >= 0.3 is 0 Å². The molecule has 1 aliphatic heterocycles. The van der Waals surface area contributed by atoms with Gasteiger partial charge in [0.1, 0.15) is 4.32 Å². The molecule has 2 aromatic rings. The normalized spacial score (nSPS) is 14.8. The summed E-state index contributed by atoms with van der Waals surface area (Å²) in [5, 5.41) is 3.50. The van der Waals surface area contributed by atoms with Crippen LogP contribution in [0.3, 0.4) is 0 Å². The van der Waals surface area contributed by atoms with Gasteiger partial charge < -0.3 is 14.8 Å². The molecule has 3 rings (SSSR count). The molecule has 0 atom stereocenters. The number of halogens is 2. The number of anilines is 1. The summed E-state index contributed by atoms with van der Waals surface area (Å²) in [7, 11) is 1.50. The highest BCUT2D eigenvalue weighted by molar-refractivity contribution is 8.26. The zero-order chi connectivity index (χ0) is 23.3. The van der Waals surface area contributed by atoms with Gasteiger partial charge in [0.25, 0.3) is 11.8 Å². The number of carbonyl (C=O) groups excluding carboxylic acids is 2. The summed E-state index contributed by atoms with van der Waals surface area (Å²) in [6, 6.07) is 9.94. The van der Waals surface area contributed by atoms with Crippen molar-refractivity contribution in [2.45, 2.75) is 13.3 Å². The fraction of sp³-hybridized carbons (Fsp3) is 0.227. The molecule has 1 aliphatic rings. The Balaban J connectivity index is 1.67. The molecule has 168 valence electrons. The molecular weight excluding hydrogens is 491 g/mol. The van der Waals surface area contributed by atoms with E-state index in [1.807, 2.05) is 6.92 Å². The van der Waals surface area contributed by atoms with E-state index in [1.165, 1.54) is 18.9 Å². The number of methoxy groups -OCH3 is 1. The number of carbonyl (C=O) groups is 2. The Morgan fingerprint density at radius 1 is 1.19 bits per heavy atom. The highest BCUT2D eigenvalue weighted by Gasteiger charge is 2.31. The van der Waals surface area contributed by atoms with Crippen LogP contribution < -0.4 is 14.8 Å². The van der Waals surface area contributed by atoms with Gasteiger partial charge in [-0.15, -0.1) is 0 Å². The van der Waals surface area contributed by atoms with Crippen LogP contribution in [0.4, 0.5) is 5.69 Å². The first kappa shape index (κ1) is 24.4. The molecule has 0 radical (unpaired) electrons. The molecule has 6 nitrogen and oxygen atoms in total. The van der Waals surface area contributed by atoms with Crippen molar-refractivity contribution >= 4 is 75.1 Å². The minimum atomic E-state index is -0.380. The summed E-state index contributed by atoms with van der Waals surface area (Å²) in [6.07, 6.45) is 2.59. The number of thioether (sulfide) groups is 1. The molecule has 0 bridgehead atoms. The van der Waals surface area contributed by atoms with E-state index in [0.717, 1.165) is 12.0 Å². The van der Waals surface area contributed by atoms with Gasteiger partial charge in [0.05, 0.1) is 12.0 Å². The van der Waals surface area contributed by atoms with Gasteiger partial charge in [-0.2, -0.15) is 0 Å². The Bertz CT molecular complexity index is 1070. The van der Waals surface area contributed by atoms with E-state index in [1.54, 1.807) is 47.4 Å². The predicted molar refractivity (Wildman–Crippen MR) is 134 cm³/mol. The van der Waals surface area contributed by atoms with Gasteiger partial charge in [0, 0.05) is 22.3 Å². The maximum atomic E-state index is 12.5. The fourth-order valence-electron chi connectivity index (χ4n) is 2.93. The Morgan fingerprint density at radius 3 is 2.56 bits per heavy atom. The average molecular weight is 511 g/mol. The number of ether oxygens (including phenoxy) is 2.